The van der Waals surface area contributed by atoms with Gasteiger partial charge < -0.3 is 4.90 Å². The Morgan fingerprint density at radius 3 is 1.68 bits per heavy atom. The molecule has 0 heterocycles. The van der Waals surface area contributed by atoms with Crippen LogP contribution in [0.2, 0.25) is 0 Å². The summed E-state index contributed by atoms with van der Waals surface area (Å²) >= 11 is 0. The summed E-state index contributed by atoms with van der Waals surface area (Å²) in [6.07, 6.45) is 9.39. The highest BCUT2D eigenvalue weighted by molar-refractivity contribution is 4.87. The van der Waals surface area contributed by atoms with Gasteiger partial charge in [-0.15, -0.1) is 0 Å². The quantitative estimate of drug-likeness (QED) is 0.462. The van der Waals surface area contributed by atoms with Gasteiger partial charge in [0, 0.05) is 12.1 Å². The third-order valence-corrected chi connectivity index (χ3v) is 5.06. The van der Waals surface area contributed by atoms with E-state index in [2.05, 4.69) is 53.5 Å². The molecule has 0 radical (unpaired) electrons. The second-order valence-electron chi connectivity index (χ2n) is 6.87. The molecule has 0 fully saturated rings. The third kappa shape index (κ3) is 6.29. The summed E-state index contributed by atoms with van der Waals surface area (Å²) in [7, 11) is 2.34. The fourth-order valence-electron chi connectivity index (χ4n) is 3.31. The smallest absolute Gasteiger partial charge is 0.0178 e. The molecular weight excluding hydrogens is 230 g/mol. The fourth-order valence-corrected chi connectivity index (χ4v) is 3.31. The molecule has 0 aliphatic rings. The lowest BCUT2D eigenvalue weighted by Gasteiger charge is -2.44. The third-order valence-electron chi connectivity index (χ3n) is 5.06. The van der Waals surface area contributed by atoms with Crippen LogP contribution in [0.3, 0.4) is 0 Å². The van der Waals surface area contributed by atoms with Crippen molar-refractivity contribution in [3.05, 3.63) is 0 Å². The first-order valence-corrected chi connectivity index (χ1v) is 8.65. The van der Waals surface area contributed by atoms with Crippen LogP contribution in [-0.4, -0.2) is 24.0 Å². The van der Waals surface area contributed by atoms with Gasteiger partial charge >= 0.3 is 0 Å². The van der Waals surface area contributed by atoms with Crippen LogP contribution in [0.4, 0.5) is 0 Å². The first-order valence-electron chi connectivity index (χ1n) is 8.65. The first kappa shape index (κ1) is 19.0. The Balaban J connectivity index is 4.64. The predicted octanol–water partition coefficient (Wildman–Crippen LogP) is 5.74. The standard InChI is InChI=1S/C18H39N/c1-8-12-16(11-4)15-19(7)18(5,6)17(13-9-2)14-10-3/h16-17H,8-15H2,1-7H3. The van der Waals surface area contributed by atoms with Gasteiger partial charge in [-0.3, -0.25) is 0 Å². The molecule has 1 unspecified atom stereocenters. The van der Waals surface area contributed by atoms with Crippen LogP contribution in [0.15, 0.2) is 0 Å². The molecule has 0 saturated heterocycles. The maximum atomic E-state index is 2.65. The monoisotopic (exact) mass is 269 g/mol. The van der Waals surface area contributed by atoms with Crippen LogP contribution in [0, 0.1) is 11.8 Å². The molecule has 116 valence electrons. The summed E-state index contributed by atoms with van der Waals surface area (Å²) in [6.45, 7) is 15.5. The Bertz CT molecular complexity index is 204. The molecule has 0 aromatic heterocycles. The summed E-state index contributed by atoms with van der Waals surface area (Å²) in [5.41, 5.74) is 0.340. The van der Waals surface area contributed by atoms with Crippen LogP contribution in [0.5, 0.6) is 0 Å². The zero-order valence-electron chi connectivity index (χ0n) is 14.8. The largest absolute Gasteiger partial charge is 0.301 e. The van der Waals surface area contributed by atoms with E-state index in [1.807, 2.05) is 0 Å². The van der Waals surface area contributed by atoms with E-state index in [0.29, 0.717) is 5.54 Å². The summed E-state index contributed by atoms with van der Waals surface area (Å²) in [6, 6.07) is 0. The molecule has 1 atom stereocenters. The van der Waals surface area contributed by atoms with E-state index in [9.17, 15) is 0 Å². The molecule has 0 aromatic carbocycles. The molecule has 1 nitrogen and oxygen atoms in total. The van der Waals surface area contributed by atoms with Crippen molar-refractivity contribution in [2.45, 2.75) is 92.0 Å². The number of nitrogens with zero attached hydrogens (tertiary/aromatic N) is 1. The SMILES string of the molecule is CCCC(CC)CN(C)C(C)(C)C(CCC)CCC. The molecule has 0 bridgehead atoms. The van der Waals surface area contributed by atoms with E-state index in [0.717, 1.165) is 11.8 Å². The second kappa shape index (κ2) is 9.80. The molecule has 0 saturated carbocycles. The first-order chi connectivity index (χ1) is 8.93. The average Bonchev–Trinajstić information content (AvgIpc) is 2.37. The maximum Gasteiger partial charge on any atom is 0.0178 e. The van der Waals surface area contributed by atoms with Gasteiger partial charge in [0.15, 0.2) is 0 Å². The maximum absolute atomic E-state index is 2.65. The molecule has 19 heavy (non-hydrogen) atoms. The summed E-state index contributed by atoms with van der Waals surface area (Å²) in [5.74, 6) is 1.71. The van der Waals surface area contributed by atoms with Gasteiger partial charge in [-0.2, -0.15) is 0 Å². The van der Waals surface area contributed by atoms with Gasteiger partial charge in [0.1, 0.15) is 0 Å². The Hall–Kier alpha value is -0.0400. The zero-order valence-corrected chi connectivity index (χ0v) is 14.8. The summed E-state index contributed by atoms with van der Waals surface area (Å²) < 4.78 is 0. The zero-order chi connectivity index (χ0) is 14.9. The van der Waals surface area contributed by atoms with E-state index in [1.165, 1.54) is 51.5 Å². The van der Waals surface area contributed by atoms with Gasteiger partial charge in [-0.1, -0.05) is 53.4 Å². The van der Waals surface area contributed by atoms with Crippen molar-refractivity contribution in [3.63, 3.8) is 0 Å². The van der Waals surface area contributed by atoms with E-state index in [-0.39, 0.29) is 0 Å². The van der Waals surface area contributed by atoms with Crippen molar-refractivity contribution in [3.8, 4) is 0 Å². The van der Waals surface area contributed by atoms with Crippen LogP contribution in [0.1, 0.15) is 86.5 Å². The van der Waals surface area contributed by atoms with Gasteiger partial charge in [0.2, 0.25) is 0 Å². The van der Waals surface area contributed by atoms with Crippen LogP contribution in [-0.2, 0) is 0 Å². The molecule has 0 amide bonds. The van der Waals surface area contributed by atoms with Crippen LogP contribution in [0.25, 0.3) is 0 Å². The molecule has 0 aliphatic carbocycles. The Labute approximate surface area is 123 Å². The lowest BCUT2D eigenvalue weighted by Crippen LogP contribution is -2.49. The normalized spacial score (nSPS) is 14.4. The number of hydrogen-bond donors (Lipinski definition) is 0. The molecule has 0 spiro atoms. The van der Waals surface area contributed by atoms with Crippen molar-refractivity contribution in [1.82, 2.24) is 4.90 Å². The van der Waals surface area contributed by atoms with Crippen LogP contribution >= 0.6 is 0 Å². The number of hydrogen-bond acceptors (Lipinski definition) is 1. The second-order valence-corrected chi connectivity index (χ2v) is 6.87. The van der Waals surface area contributed by atoms with Crippen molar-refractivity contribution in [2.24, 2.45) is 11.8 Å². The molecule has 0 N–H and O–H groups in total. The average molecular weight is 270 g/mol. The van der Waals surface area contributed by atoms with Gasteiger partial charge in [-0.25, -0.2) is 0 Å². The molecule has 0 aliphatic heterocycles. The van der Waals surface area contributed by atoms with Gasteiger partial charge in [-0.05, 0) is 52.0 Å². The van der Waals surface area contributed by atoms with Gasteiger partial charge in [0.05, 0.1) is 0 Å². The van der Waals surface area contributed by atoms with Gasteiger partial charge in [0.25, 0.3) is 0 Å². The van der Waals surface area contributed by atoms with E-state index >= 15 is 0 Å². The molecule has 1 heteroatoms. The van der Waals surface area contributed by atoms with Crippen molar-refractivity contribution in [1.29, 1.82) is 0 Å². The summed E-state index contributed by atoms with van der Waals surface area (Å²) in [5, 5.41) is 0. The van der Waals surface area contributed by atoms with Crippen LogP contribution < -0.4 is 0 Å². The van der Waals surface area contributed by atoms with Crippen molar-refractivity contribution >= 4 is 0 Å². The lowest BCUT2D eigenvalue weighted by molar-refractivity contribution is 0.0606. The lowest BCUT2D eigenvalue weighted by atomic mass is 9.79. The Morgan fingerprint density at radius 2 is 1.32 bits per heavy atom. The molecule has 0 rings (SSSR count). The van der Waals surface area contributed by atoms with E-state index in [1.54, 1.807) is 0 Å². The van der Waals surface area contributed by atoms with Crippen molar-refractivity contribution in [2.75, 3.05) is 13.6 Å². The minimum Gasteiger partial charge on any atom is -0.301 e. The minimum atomic E-state index is 0.340. The fraction of sp³-hybridized carbons (Fsp3) is 1.00. The minimum absolute atomic E-state index is 0.340. The Morgan fingerprint density at radius 1 is 0.842 bits per heavy atom. The highest BCUT2D eigenvalue weighted by atomic mass is 15.2. The Kier molecular flexibility index (Phi) is 9.78. The topological polar surface area (TPSA) is 3.24 Å². The highest BCUT2D eigenvalue weighted by Crippen LogP contribution is 2.32. The highest BCUT2D eigenvalue weighted by Gasteiger charge is 2.32. The molecule has 0 aromatic rings. The number of rotatable bonds is 11. The predicted molar refractivity (Wildman–Crippen MR) is 88.7 cm³/mol. The summed E-state index contributed by atoms with van der Waals surface area (Å²) in [4.78, 5) is 2.65. The van der Waals surface area contributed by atoms with E-state index < -0.39 is 0 Å². The van der Waals surface area contributed by atoms with E-state index in [4.69, 9.17) is 0 Å². The van der Waals surface area contributed by atoms with Crippen molar-refractivity contribution < 1.29 is 0 Å². The molecular formula is C18H39N.